The molecule has 100 valence electrons. The zero-order valence-corrected chi connectivity index (χ0v) is 11.2. The Morgan fingerprint density at radius 1 is 1.28 bits per heavy atom. The van der Waals surface area contributed by atoms with E-state index in [0.29, 0.717) is 29.6 Å². The number of carbonyl (C=O) groups is 1. The number of halogens is 1. The van der Waals surface area contributed by atoms with Crippen LogP contribution in [-0.4, -0.2) is 32.7 Å². The summed E-state index contributed by atoms with van der Waals surface area (Å²) < 4.78 is 10.3. The summed E-state index contributed by atoms with van der Waals surface area (Å²) >= 11 is 5.52. The number of rotatable bonds is 6. The summed E-state index contributed by atoms with van der Waals surface area (Å²) in [4.78, 5) is 11.5. The van der Waals surface area contributed by atoms with Crippen molar-refractivity contribution in [1.82, 2.24) is 5.32 Å². The van der Waals surface area contributed by atoms with Gasteiger partial charge < -0.3 is 20.1 Å². The van der Waals surface area contributed by atoms with Crippen LogP contribution >= 0.6 is 11.6 Å². The third-order valence-electron chi connectivity index (χ3n) is 2.24. The molecule has 1 aromatic rings. The van der Waals surface area contributed by atoms with E-state index in [2.05, 4.69) is 10.6 Å². The number of amides is 2. The van der Waals surface area contributed by atoms with Gasteiger partial charge in [0.15, 0.2) is 11.5 Å². The van der Waals surface area contributed by atoms with Crippen LogP contribution in [0.3, 0.4) is 0 Å². The number of hydrogen-bond acceptors (Lipinski definition) is 3. The summed E-state index contributed by atoms with van der Waals surface area (Å²) in [6, 6.07) is 4.89. The Morgan fingerprint density at radius 2 is 2.00 bits per heavy atom. The lowest BCUT2D eigenvalue weighted by molar-refractivity contribution is 0.252. The van der Waals surface area contributed by atoms with Gasteiger partial charge in [-0.3, -0.25) is 0 Å². The second kappa shape index (κ2) is 7.66. The van der Waals surface area contributed by atoms with E-state index in [0.717, 1.165) is 6.42 Å². The summed E-state index contributed by atoms with van der Waals surface area (Å²) in [7, 11) is 3.10. The molecule has 0 fully saturated rings. The second-order valence-electron chi connectivity index (χ2n) is 3.49. The minimum absolute atomic E-state index is 0.271. The van der Waals surface area contributed by atoms with Crippen LogP contribution in [0.15, 0.2) is 18.2 Å². The van der Waals surface area contributed by atoms with Crippen LogP contribution in [0.5, 0.6) is 11.5 Å². The minimum atomic E-state index is -0.271. The molecule has 2 N–H and O–H groups in total. The Bertz CT molecular complexity index is 399. The van der Waals surface area contributed by atoms with E-state index in [1.165, 1.54) is 0 Å². The first-order chi connectivity index (χ1) is 8.71. The lowest BCUT2D eigenvalue weighted by Gasteiger charge is -2.11. The monoisotopic (exact) mass is 272 g/mol. The van der Waals surface area contributed by atoms with Crippen molar-refractivity contribution in [2.45, 2.75) is 6.42 Å². The molecule has 1 rings (SSSR count). The van der Waals surface area contributed by atoms with Gasteiger partial charge in [-0.05, 0) is 18.6 Å². The third-order valence-corrected chi connectivity index (χ3v) is 2.50. The van der Waals surface area contributed by atoms with Crippen molar-refractivity contribution in [3.63, 3.8) is 0 Å². The Hall–Kier alpha value is -1.62. The van der Waals surface area contributed by atoms with Crippen molar-refractivity contribution in [2.24, 2.45) is 0 Å². The average molecular weight is 273 g/mol. The Morgan fingerprint density at radius 3 is 2.61 bits per heavy atom. The Balaban J connectivity index is 2.59. The molecule has 0 saturated carbocycles. The maximum atomic E-state index is 11.5. The molecule has 0 radical (unpaired) electrons. The quantitative estimate of drug-likeness (QED) is 0.618. The summed E-state index contributed by atoms with van der Waals surface area (Å²) in [5.41, 5.74) is 0.635. The number of alkyl halides is 1. The number of ether oxygens (including phenoxy) is 2. The first-order valence-corrected chi connectivity index (χ1v) is 6.07. The third kappa shape index (κ3) is 4.33. The highest BCUT2D eigenvalue weighted by atomic mass is 35.5. The van der Waals surface area contributed by atoms with Gasteiger partial charge in [0.25, 0.3) is 0 Å². The summed E-state index contributed by atoms with van der Waals surface area (Å²) in [5, 5.41) is 5.39. The average Bonchev–Trinajstić information content (AvgIpc) is 2.39. The van der Waals surface area contributed by atoms with Crippen LogP contribution < -0.4 is 20.1 Å². The molecule has 0 aromatic heterocycles. The number of nitrogens with one attached hydrogen (secondary N) is 2. The molecular formula is C12H17ClN2O3. The van der Waals surface area contributed by atoms with Gasteiger partial charge in [-0.15, -0.1) is 11.6 Å². The summed E-state index contributed by atoms with van der Waals surface area (Å²) in [5.74, 6) is 1.71. The number of urea groups is 1. The van der Waals surface area contributed by atoms with E-state index in [1.54, 1.807) is 32.4 Å². The molecule has 2 amide bonds. The zero-order chi connectivity index (χ0) is 13.4. The summed E-state index contributed by atoms with van der Waals surface area (Å²) in [6.45, 7) is 0.544. The van der Waals surface area contributed by atoms with Crippen molar-refractivity contribution < 1.29 is 14.3 Å². The lowest BCUT2D eigenvalue weighted by Crippen LogP contribution is -2.29. The van der Waals surface area contributed by atoms with Crippen LogP contribution in [0.2, 0.25) is 0 Å². The zero-order valence-electron chi connectivity index (χ0n) is 10.5. The lowest BCUT2D eigenvalue weighted by atomic mass is 10.3. The second-order valence-corrected chi connectivity index (χ2v) is 3.87. The molecule has 0 aliphatic heterocycles. The minimum Gasteiger partial charge on any atom is -0.493 e. The molecule has 6 heteroatoms. The topological polar surface area (TPSA) is 59.6 Å². The number of benzene rings is 1. The van der Waals surface area contributed by atoms with Crippen LogP contribution in [0.4, 0.5) is 10.5 Å². The molecule has 0 bridgehead atoms. The van der Waals surface area contributed by atoms with Crippen molar-refractivity contribution in [3.05, 3.63) is 18.2 Å². The molecule has 0 atom stereocenters. The number of anilines is 1. The maximum Gasteiger partial charge on any atom is 0.319 e. The van der Waals surface area contributed by atoms with Gasteiger partial charge in [-0.1, -0.05) is 0 Å². The van der Waals surface area contributed by atoms with Crippen LogP contribution in [-0.2, 0) is 0 Å². The molecule has 5 nitrogen and oxygen atoms in total. The van der Waals surface area contributed by atoms with Crippen molar-refractivity contribution in [1.29, 1.82) is 0 Å². The van der Waals surface area contributed by atoms with Gasteiger partial charge >= 0.3 is 6.03 Å². The van der Waals surface area contributed by atoms with Crippen molar-refractivity contribution in [2.75, 3.05) is 32.0 Å². The van der Waals surface area contributed by atoms with E-state index in [9.17, 15) is 4.79 Å². The van der Waals surface area contributed by atoms with Crippen molar-refractivity contribution >= 4 is 23.3 Å². The van der Waals surface area contributed by atoms with Crippen LogP contribution in [0.25, 0.3) is 0 Å². The number of methoxy groups -OCH3 is 2. The van der Waals surface area contributed by atoms with Gasteiger partial charge in [0.05, 0.1) is 14.2 Å². The fourth-order valence-electron chi connectivity index (χ4n) is 1.36. The fourth-order valence-corrected chi connectivity index (χ4v) is 1.49. The Labute approximate surface area is 111 Å². The van der Waals surface area contributed by atoms with E-state index in [-0.39, 0.29) is 6.03 Å². The maximum absolute atomic E-state index is 11.5. The van der Waals surface area contributed by atoms with Crippen molar-refractivity contribution in [3.8, 4) is 11.5 Å². The highest BCUT2D eigenvalue weighted by Crippen LogP contribution is 2.29. The number of hydrogen-bond donors (Lipinski definition) is 2. The SMILES string of the molecule is COc1ccc(NC(=O)NCCCCl)cc1OC. The predicted molar refractivity (Wildman–Crippen MR) is 71.9 cm³/mol. The Kier molecular flexibility index (Phi) is 6.14. The fraction of sp³-hybridized carbons (Fsp3) is 0.417. The first-order valence-electron chi connectivity index (χ1n) is 5.54. The standard InChI is InChI=1S/C12H17ClN2O3/c1-17-10-5-4-9(8-11(10)18-2)15-12(16)14-7-3-6-13/h4-5,8H,3,6-7H2,1-2H3,(H2,14,15,16). The molecule has 0 heterocycles. The van der Waals surface area contributed by atoms with Gasteiger partial charge in [0.1, 0.15) is 0 Å². The number of carbonyl (C=O) groups excluding carboxylic acids is 1. The van der Waals surface area contributed by atoms with Gasteiger partial charge in [0.2, 0.25) is 0 Å². The highest BCUT2D eigenvalue weighted by molar-refractivity contribution is 6.17. The molecule has 0 unspecified atom stereocenters. The van der Waals surface area contributed by atoms with Gasteiger partial charge in [-0.25, -0.2) is 4.79 Å². The largest absolute Gasteiger partial charge is 0.493 e. The van der Waals surface area contributed by atoms with E-state index >= 15 is 0 Å². The van der Waals surface area contributed by atoms with E-state index in [4.69, 9.17) is 21.1 Å². The molecule has 0 aliphatic carbocycles. The molecule has 18 heavy (non-hydrogen) atoms. The van der Waals surface area contributed by atoms with Crippen LogP contribution in [0, 0.1) is 0 Å². The molecule has 0 spiro atoms. The van der Waals surface area contributed by atoms with E-state index < -0.39 is 0 Å². The normalized spacial score (nSPS) is 9.72. The molecule has 1 aromatic carbocycles. The summed E-state index contributed by atoms with van der Waals surface area (Å²) in [6.07, 6.45) is 0.737. The molecule has 0 saturated heterocycles. The highest BCUT2D eigenvalue weighted by Gasteiger charge is 2.06. The van der Waals surface area contributed by atoms with E-state index in [1.807, 2.05) is 0 Å². The molecule has 0 aliphatic rings. The first kappa shape index (κ1) is 14.4. The smallest absolute Gasteiger partial charge is 0.319 e. The van der Waals surface area contributed by atoms with Gasteiger partial charge in [-0.2, -0.15) is 0 Å². The predicted octanol–water partition coefficient (Wildman–Crippen LogP) is 2.45. The molecular weight excluding hydrogens is 256 g/mol. The van der Waals surface area contributed by atoms with Gasteiger partial charge in [0, 0.05) is 24.2 Å². The van der Waals surface area contributed by atoms with Crippen LogP contribution in [0.1, 0.15) is 6.42 Å².